The number of fused-ring (bicyclic) bond motifs is 1. The molecule has 2 atom stereocenters. The SMILES string of the molecule is C#C[C@@H](C)N[C@@H]1CCc2ccc(O)cc21. The van der Waals surface area contributed by atoms with Gasteiger partial charge in [-0.1, -0.05) is 12.0 Å². The summed E-state index contributed by atoms with van der Waals surface area (Å²) in [6, 6.07) is 5.93. The van der Waals surface area contributed by atoms with Gasteiger partial charge in [-0.15, -0.1) is 6.42 Å². The molecule has 15 heavy (non-hydrogen) atoms. The van der Waals surface area contributed by atoms with Crippen LogP contribution in [0, 0.1) is 12.3 Å². The Balaban J connectivity index is 2.21. The van der Waals surface area contributed by atoms with E-state index < -0.39 is 0 Å². The van der Waals surface area contributed by atoms with E-state index in [1.165, 1.54) is 11.1 Å². The maximum absolute atomic E-state index is 9.44. The van der Waals surface area contributed by atoms with E-state index in [9.17, 15) is 5.11 Å². The minimum Gasteiger partial charge on any atom is -0.508 e. The quantitative estimate of drug-likeness (QED) is 0.717. The molecule has 2 rings (SSSR count). The van der Waals surface area contributed by atoms with E-state index in [-0.39, 0.29) is 12.1 Å². The number of aromatic hydroxyl groups is 1. The molecule has 0 saturated heterocycles. The Morgan fingerprint density at radius 2 is 2.40 bits per heavy atom. The molecule has 0 spiro atoms. The van der Waals surface area contributed by atoms with Crippen molar-refractivity contribution in [3.8, 4) is 18.1 Å². The second kappa shape index (κ2) is 3.96. The van der Waals surface area contributed by atoms with Crippen molar-refractivity contribution in [1.29, 1.82) is 0 Å². The van der Waals surface area contributed by atoms with Gasteiger partial charge in [-0.2, -0.15) is 0 Å². The first-order valence-corrected chi connectivity index (χ1v) is 5.24. The third kappa shape index (κ3) is 1.98. The van der Waals surface area contributed by atoms with Crippen LogP contribution < -0.4 is 5.32 Å². The number of nitrogens with one attached hydrogen (secondary N) is 1. The van der Waals surface area contributed by atoms with Gasteiger partial charge >= 0.3 is 0 Å². The minimum atomic E-state index is 0.0725. The van der Waals surface area contributed by atoms with E-state index in [2.05, 4.69) is 11.2 Å². The van der Waals surface area contributed by atoms with Crippen LogP contribution in [0.2, 0.25) is 0 Å². The summed E-state index contributed by atoms with van der Waals surface area (Å²) in [5.41, 5.74) is 2.51. The molecule has 0 aromatic heterocycles. The highest BCUT2D eigenvalue weighted by molar-refractivity contribution is 5.40. The molecule has 0 bridgehead atoms. The van der Waals surface area contributed by atoms with Crippen LogP contribution >= 0.6 is 0 Å². The van der Waals surface area contributed by atoms with Gasteiger partial charge in [0.1, 0.15) is 5.75 Å². The average molecular weight is 201 g/mol. The lowest BCUT2D eigenvalue weighted by atomic mass is 10.1. The first-order valence-electron chi connectivity index (χ1n) is 5.24. The predicted molar refractivity (Wildman–Crippen MR) is 60.6 cm³/mol. The van der Waals surface area contributed by atoms with Crippen LogP contribution in [-0.4, -0.2) is 11.1 Å². The molecule has 1 aromatic carbocycles. The molecule has 0 heterocycles. The predicted octanol–water partition coefficient (Wildman–Crippen LogP) is 1.99. The molecule has 2 heteroatoms. The van der Waals surface area contributed by atoms with Gasteiger partial charge in [-0.25, -0.2) is 0 Å². The lowest BCUT2D eigenvalue weighted by Crippen LogP contribution is -2.27. The van der Waals surface area contributed by atoms with Crippen molar-refractivity contribution in [3.05, 3.63) is 29.3 Å². The fourth-order valence-corrected chi connectivity index (χ4v) is 2.11. The van der Waals surface area contributed by atoms with E-state index in [0.29, 0.717) is 5.75 Å². The number of phenolic OH excluding ortho intramolecular Hbond substituents is 1. The molecular formula is C13H15NO. The van der Waals surface area contributed by atoms with Crippen LogP contribution in [-0.2, 0) is 6.42 Å². The molecular weight excluding hydrogens is 186 g/mol. The summed E-state index contributed by atoms with van der Waals surface area (Å²) in [7, 11) is 0. The van der Waals surface area contributed by atoms with Gasteiger partial charge in [0.25, 0.3) is 0 Å². The second-order valence-corrected chi connectivity index (χ2v) is 4.03. The van der Waals surface area contributed by atoms with Crippen LogP contribution in [0.4, 0.5) is 0 Å². The number of rotatable bonds is 2. The zero-order valence-corrected chi connectivity index (χ0v) is 8.83. The monoisotopic (exact) mass is 201 g/mol. The van der Waals surface area contributed by atoms with Crippen molar-refractivity contribution >= 4 is 0 Å². The van der Waals surface area contributed by atoms with Crippen LogP contribution in [0.15, 0.2) is 18.2 Å². The average Bonchev–Trinajstić information content (AvgIpc) is 2.61. The first kappa shape index (κ1) is 10.1. The lowest BCUT2D eigenvalue weighted by molar-refractivity contribution is 0.470. The maximum Gasteiger partial charge on any atom is 0.115 e. The summed E-state index contributed by atoms with van der Waals surface area (Å²) < 4.78 is 0. The number of phenols is 1. The van der Waals surface area contributed by atoms with Crippen LogP contribution in [0.3, 0.4) is 0 Å². The van der Waals surface area contributed by atoms with Gasteiger partial charge < -0.3 is 5.11 Å². The standard InChI is InChI=1S/C13H15NO/c1-3-9(2)14-13-7-5-10-4-6-11(15)8-12(10)13/h1,4,6,8-9,13-15H,5,7H2,2H3/t9-,13-/m1/s1. The van der Waals surface area contributed by atoms with E-state index >= 15 is 0 Å². The molecule has 0 radical (unpaired) electrons. The lowest BCUT2D eigenvalue weighted by Gasteiger charge is -2.16. The molecule has 0 amide bonds. The molecule has 0 saturated carbocycles. The summed E-state index contributed by atoms with van der Waals surface area (Å²) in [6.45, 7) is 1.97. The molecule has 1 aliphatic rings. The molecule has 1 aromatic rings. The van der Waals surface area contributed by atoms with E-state index in [1.807, 2.05) is 19.1 Å². The van der Waals surface area contributed by atoms with Gasteiger partial charge in [0.15, 0.2) is 0 Å². The third-order valence-corrected chi connectivity index (χ3v) is 2.91. The summed E-state index contributed by atoms with van der Waals surface area (Å²) in [5, 5.41) is 12.8. The Bertz CT molecular complexity index is 405. The van der Waals surface area contributed by atoms with Gasteiger partial charge in [0, 0.05) is 6.04 Å². The van der Waals surface area contributed by atoms with Crippen LogP contribution in [0.1, 0.15) is 30.5 Å². The third-order valence-electron chi connectivity index (χ3n) is 2.91. The summed E-state index contributed by atoms with van der Waals surface area (Å²) in [5.74, 6) is 2.99. The zero-order valence-electron chi connectivity index (χ0n) is 8.83. The van der Waals surface area contributed by atoms with Crippen molar-refractivity contribution in [1.82, 2.24) is 5.32 Å². The number of terminal acetylenes is 1. The van der Waals surface area contributed by atoms with Crippen molar-refractivity contribution in [2.24, 2.45) is 0 Å². The molecule has 2 N–H and O–H groups in total. The largest absolute Gasteiger partial charge is 0.508 e. The highest BCUT2D eigenvalue weighted by Crippen LogP contribution is 2.33. The van der Waals surface area contributed by atoms with E-state index in [1.54, 1.807) is 6.07 Å². The normalized spacial score (nSPS) is 20.7. The van der Waals surface area contributed by atoms with Gasteiger partial charge in [0.2, 0.25) is 0 Å². The van der Waals surface area contributed by atoms with Crippen molar-refractivity contribution in [2.45, 2.75) is 31.8 Å². The fraction of sp³-hybridized carbons (Fsp3) is 0.385. The number of aryl methyl sites for hydroxylation is 1. The Kier molecular flexibility index (Phi) is 2.66. The zero-order chi connectivity index (χ0) is 10.8. The number of benzene rings is 1. The van der Waals surface area contributed by atoms with Crippen molar-refractivity contribution in [2.75, 3.05) is 0 Å². The molecule has 0 aliphatic heterocycles. The van der Waals surface area contributed by atoms with E-state index in [0.717, 1.165) is 12.8 Å². The summed E-state index contributed by atoms with van der Waals surface area (Å²) in [6.07, 6.45) is 7.46. The Labute approximate surface area is 90.3 Å². The molecule has 78 valence electrons. The summed E-state index contributed by atoms with van der Waals surface area (Å²) >= 11 is 0. The van der Waals surface area contributed by atoms with Gasteiger partial charge in [0.05, 0.1) is 6.04 Å². The molecule has 0 unspecified atom stereocenters. The van der Waals surface area contributed by atoms with Crippen LogP contribution in [0.5, 0.6) is 5.75 Å². The van der Waals surface area contributed by atoms with E-state index in [4.69, 9.17) is 6.42 Å². The van der Waals surface area contributed by atoms with Gasteiger partial charge in [-0.05, 0) is 43.0 Å². The summed E-state index contributed by atoms with van der Waals surface area (Å²) in [4.78, 5) is 0. The van der Waals surface area contributed by atoms with Crippen molar-refractivity contribution in [3.63, 3.8) is 0 Å². The Hall–Kier alpha value is -1.46. The molecule has 0 fully saturated rings. The molecule has 2 nitrogen and oxygen atoms in total. The smallest absolute Gasteiger partial charge is 0.115 e. The minimum absolute atomic E-state index is 0.0725. The highest BCUT2D eigenvalue weighted by atomic mass is 16.3. The second-order valence-electron chi connectivity index (χ2n) is 4.03. The molecule has 1 aliphatic carbocycles. The van der Waals surface area contributed by atoms with Crippen molar-refractivity contribution < 1.29 is 5.11 Å². The highest BCUT2D eigenvalue weighted by Gasteiger charge is 2.23. The topological polar surface area (TPSA) is 32.3 Å². The van der Waals surface area contributed by atoms with Crippen LogP contribution in [0.25, 0.3) is 0 Å². The fourth-order valence-electron chi connectivity index (χ4n) is 2.11. The van der Waals surface area contributed by atoms with Gasteiger partial charge in [-0.3, -0.25) is 5.32 Å². The first-order chi connectivity index (χ1) is 7.20. The Morgan fingerprint density at radius 1 is 1.60 bits per heavy atom. The number of hydrogen-bond donors (Lipinski definition) is 2. The number of hydrogen-bond acceptors (Lipinski definition) is 2. The Morgan fingerprint density at radius 3 is 3.13 bits per heavy atom. The maximum atomic E-state index is 9.44.